The van der Waals surface area contributed by atoms with Crippen LogP contribution in [0.15, 0.2) is 33.8 Å². The van der Waals surface area contributed by atoms with E-state index in [1.165, 1.54) is 23.9 Å². The van der Waals surface area contributed by atoms with Gasteiger partial charge in [0.05, 0.1) is 5.75 Å². The van der Waals surface area contributed by atoms with Gasteiger partial charge in [-0.3, -0.25) is 4.79 Å². The first-order valence-corrected chi connectivity index (χ1v) is 9.81. The highest BCUT2D eigenvalue weighted by molar-refractivity contribution is 7.99. The van der Waals surface area contributed by atoms with Crippen LogP contribution in [0.2, 0.25) is 0 Å². The molecule has 11 heteroatoms. The van der Waals surface area contributed by atoms with Gasteiger partial charge in [-0.05, 0) is 47.5 Å². The third kappa shape index (κ3) is 4.03. The number of likely N-dealkylation sites (tertiary alicyclic amines) is 1. The third-order valence-corrected chi connectivity index (χ3v) is 5.63. The van der Waals surface area contributed by atoms with Gasteiger partial charge in [0.15, 0.2) is 0 Å². The predicted molar refractivity (Wildman–Crippen MR) is 97.8 cm³/mol. The van der Waals surface area contributed by atoms with E-state index in [0.29, 0.717) is 41.3 Å². The zero-order valence-corrected chi connectivity index (χ0v) is 16.0. The van der Waals surface area contributed by atoms with Crippen LogP contribution in [0, 0.1) is 5.82 Å². The van der Waals surface area contributed by atoms with Crippen molar-refractivity contribution in [2.45, 2.75) is 23.9 Å². The Morgan fingerprint density at radius 1 is 1.21 bits per heavy atom. The van der Waals surface area contributed by atoms with Gasteiger partial charge in [-0.25, -0.2) is 9.07 Å². The van der Waals surface area contributed by atoms with Gasteiger partial charge in [-0.15, -0.1) is 15.3 Å². The van der Waals surface area contributed by atoms with Gasteiger partial charge in [0.1, 0.15) is 5.82 Å². The Bertz CT molecular complexity index is 951. The van der Waals surface area contributed by atoms with Crippen molar-refractivity contribution in [3.63, 3.8) is 0 Å². The van der Waals surface area contributed by atoms with Crippen LogP contribution >= 0.6 is 11.8 Å². The zero-order chi connectivity index (χ0) is 19.5. The molecule has 1 aromatic carbocycles. The standard InChI is InChI=1S/C17H18FN7O2S/c1-24-17(21-22-23-24)28-10-14(26)25-8-6-12(7-9-25)16-20-19-15(27-16)11-2-4-13(18)5-3-11/h2-5,12H,6-10H2,1H3. The molecule has 1 aliphatic heterocycles. The van der Waals surface area contributed by atoms with Crippen molar-refractivity contribution in [2.75, 3.05) is 18.8 Å². The topological polar surface area (TPSA) is 103 Å². The molecule has 0 aliphatic carbocycles. The van der Waals surface area contributed by atoms with Gasteiger partial charge in [0.25, 0.3) is 0 Å². The highest BCUT2D eigenvalue weighted by atomic mass is 32.2. The number of halogens is 1. The molecule has 1 saturated heterocycles. The molecule has 1 aliphatic rings. The Morgan fingerprint density at radius 2 is 1.96 bits per heavy atom. The van der Waals surface area contributed by atoms with Crippen LogP contribution < -0.4 is 0 Å². The number of rotatable bonds is 5. The summed E-state index contributed by atoms with van der Waals surface area (Å²) in [7, 11) is 1.74. The van der Waals surface area contributed by atoms with E-state index in [2.05, 4.69) is 25.7 Å². The summed E-state index contributed by atoms with van der Waals surface area (Å²) in [6, 6.07) is 5.94. The molecule has 0 spiro atoms. The minimum absolute atomic E-state index is 0.0592. The van der Waals surface area contributed by atoms with Crippen LogP contribution in [0.5, 0.6) is 0 Å². The summed E-state index contributed by atoms with van der Waals surface area (Å²) < 4.78 is 20.4. The van der Waals surface area contributed by atoms with Crippen molar-refractivity contribution < 1.29 is 13.6 Å². The molecule has 0 unspecified atom stereocenters. The number of aromatic nitrogens is 6. The quantitative estimate of drug-likeness (QED) is 0.595. The van der Waals surface area contributed by atoms with Crippen LogP contribution in [0.4, 0.5) is 4.39 Å². The van der Waals surface area contributed by atoms with Gasteiger partial charge in [0.2, 0.25) is 22.8 Å². The Hall–Kier alpha value is -2.82. The largest absolute Gasteiger partial charge is 0.420 e. The van der Waals surface area contributed by atoms with Gasteiger partial charge in [0, 0.05) is 31.6 Å². The number of aryl methyl sites for hydroxylation is 1. The maximum atomic E-state index is 13.0. The van der Waals surface area contributed by atoms with Crippen molar-refractivity contribution in [1.29, 1.82) is 0 Å². The van der Waals surface area contributed by atoms with E-state index in [9.17, 15) is 9.18 Å². The number of carbonyl (C=O) groups is 1. The molecule has 4 rings (SSSR count). The molecule has 9 nitrogen and oxygen atoms in total. The molecule has 28 heavy (non-hydrogen) atoms. The van der Waals surface area contributed by atoms with Crippen molar-refractivity contribution in [3.05, 3.63) is 36.0 Å². The van der Waals surface area contributed by atoms with Crippen LogP contribution in [0.3, 0.4) is 0 Å². The monoisotopic (exact) mass is 403 g/mol. The van der Waals surface area contributed by atoms with E-state index in [1.807, 2.05) is 4.90 Å². The molecule has 3 aromatic rings. The number of piperidine rings is 1. The number of hydrogen-bond acceptors (Lipinski definition) is 8. The average Bonchev–Trinajstić information content (AvgIpc) is 3.36. The second-order valence-corrected chi connectivity index (χ2v) is 7.42. The third-order valence-electron chi connectivity index (χ3n) is 4.63. The first-order valence-electron chi connectivity index (χ1n) is 8.82. The molecular weight excluding hydrogens is 385 g/mol. The Labute approximate surface area is 164 Å². The van der Waals surface area contributed by atoms with Crippen molar-refractivity contribution in [1.82, 2.24) is 35.3 Å². The summed E-state index contributed by atoms with van der Waals surface area (Å²) in [5.74, 6) is 1.10. The first-order chi connectivity index (χ1) is 13.6. The molecule has 146 valence electrons. The lowest BCUT2D eigenvalue weighted by atomic mass is 9.97. The number of carbonyl (C=O) groups excluding carboxylic acids is 1. The summed E-state index contributed by atoms with van der Waals surface area (Å²) in [6.45, 7) is 1.27. The zero-order valence-electron chi connectivity index (χ0n) is 15.2. The van der Waals surface area contributed by atoms with Gasteiger partial charge >= 0.3 is 0 Å². The highest BCUT2D eigenvalue weighted by Crippen LogP contribution is 2.29. The fourth-order valence-corrected chi connectivity index (χ4v) is 3.80. The molecule has 1 amide bonds. The number of benzene rings is 1. The summed E-state index contributed by atoms with van der Waals surface area (Å²) in [4.78, 5) is 14.2. The van der Waals surface area contributed by atoms with E-state index in [1.54, 1.807) is 23.9 Å². The van der Waals surface area contributed by atoms with Crippen LogP contribution in [-0.2, 0) is 11.8 Å². The van der Waals surface area contributed by atoms with E-state index < -0.39 is 0 Å². The number of thioether (sulfide) groups is 1. The van der Waals surface area contributed by atoms with Crippen LogP contribution in [0.25, 0.3) is 11.5 Å². The van der Waals surface area contributed by atoms with E-state index >= 15 is 0 Å². The highest BCUT2D eigenvalue weighted by Gasteiger charge is 2.27. The SMILES string of the molecule is Cn1nnnc1SCC(=O)N1CCC(c2nnc(-c3ccc(F)cc3)o2)CC1. The molecule has 0 bridgehead atoms. The Balaban J connectivity index is 1.31. The normalized spacial score (nSPS) is 15.1. The Kier molecular flexibility index (Phi) is 5.33. The maximum Gasteiger partial charge on any atom is 0.247 e. The molecule has 0 atom stereocenters. The fourth-order valence-electron chi connectivity index (χ4n) is 3.05. The van der Waals surface area contributed by atoms with Gasteiger partial charge in [-0.1, -0.05) is 11.8 Å². The van der Waals surface area contributed by atoms with Crippen molar-refractivity contribution in [3.8, 4) is 11.5 Å². The lowest BCUT2D eigenvalue weighted by molar-refractivity contribution is -0.129. The summed E-state index contributed by atoms with van der Waals surface area (Å²) in [6.07, 6.45) is 1.51. The molecule has 0 saturated carbocycles. The number of amides is 1. The molecule has 3 heterocycles. The Morgan fingerprint density at radius 3 is 2.64 bits per heavy atom. The molecule has 2 aromatic heterocycles. The van der Waals surface area contributed by atoms with Gasteiger partial charge in [-0.2, -0.15) is 0 Å². The lowest BCUT2D eigenvalue weighted by Gasteiger charge is -2.30. The van der Waals surface area contributed by atoms with E-state index in [4.69, 9.17) is 4.42 Å². The predicted octanol–water partition coefficient (Wildman–Crippen LogP) is 1.90. The van der Waals surface area contributed by atoms with E-state index in [0.717, 1.165) is 12.8 Å². The average molecular weight is 403 g/mol. The van der Waals surface area contributed by atoms with Crippen LogP contribution in [0.1, 0.15) is 24.7 Å². The summed E-state index contributed by atoms with van der Waals surface area (Å²) in [5, 5.41) is 20.0. The molecule has 0 radical (unpaired) electrons. The van der Waals surface area contributed by atoms with E-state index in [-0.39, 0.29) is 17.6 Å². The maximum absolute atomic E-state index is 13.0. The van der Waals surface area contributed by atoms with Gasteiger partial charge < -0.3 is 9.32 Å². The van der Waals surface area contributed by atoms with Crippen molar-refractivity contribution in [2.24, 2.45) is 7.05 Å². The molecule has 1 fully saturated rings. The number of nitrogens with zero attached hydrogens (tertiary/aromatic N) is 7. The second-order valence-electron chi connectivity index (χ2n) is 6.48. The van der Waals surface area contributed by atoms with Crippen LogP contribution in [-0.4, -0.2) is 60.1 Å². The fraction of sp³-hybridized carbons (Fsp3) is 0.412. The first kappa shape index (κ1) is 18.5. The minimum atomic E-state index is -0.311. The lowest BCUT2D eigenvalue weighted by Crippen LogP contribution is -2.39. The summed E-state index contributed by atoms with van der Waals surface area (Å²) in [5.41, 5.74) is 0.683. The van der Waals surface area contributed by atoms with Crippen molar-refractivity contribution >= 4 is 17.7 Å². The smallest absolute Gasteiger partial charge is 0.247 e. The molecule has 0 N–H and O–H groups in total. The second kappa shape index (κ2) is 8.05. The number of tetrazole rings is 1. The summed E-state index contributed by atoms with van der Waals surface area (Å²) >= 11 is 1.32. The molecular formula is C17H18FN7O2S. The minimum Gasteiger partial charge on any atom is -0.420 e. The number of hydrogen-bond donors (Lipinski definition) is 0.